The highest BCUT2D eigenvalue weighted by molar-refractivity contribution is 6.32. The van der Waals surface area contributed by atoms with Gasteiger partial charge in [0.15, 0.2) is 0 Å². The summed E-state index contributed by atoms with van der Waals surface area (Å²) in [5.74, 6) is 1.31. The van der Waals surface area contributed by atoms with Crippen molar-refractivity contribution in [2.75, 3.05) is 17.0 Å². The molecule has 1 saturated carbocycles. The van der Waals surface area contributed by atoms with Gasteiger partial charge in [-0.05, 0) is 85.5 Å². The number of hydrazone groups is 1. The van der Waals surface area contributed by atoms with Crippen LogP contribution in [0.2, 0.25) is 0 Å². The number of benzene rings is 3. The summed E-state index contributed by atoms with van der Waals surface area (Å²) in [6.45, 7) is 1.90. The molecule has 3 aromatic carbocycles. The highest BCUT2D eigenvalue weighted by Gasteiger charge is 2.42. The molecule has 0 spiro atoms. The van der Waals surface area contributed by atoms with Gasteiger partial charge in [0.1, 0.15) is 5.75 Å². The molecule has 3 aliphatic rings. The van der Waals surface area contributed by atoms with Gasteiger partial charge in [-0.15, -0.1) is 0 Å². The van der Waals surface area contributed by atoms with E-state index in [2.05, 4.69) is 40.3 Å². The van der Waals surface area contributed by atoms with E-state index >= 15 is 0 Å². The van der Waals surface area contributed by atoms with Crippen molar-refractivity contribution in [3.8, 4) is 5.75 Å². The van der Waals surface area contributed by atoms with Crippen molar-refractivity contribution in [2.24, 2.45) is 5.10 Å². The first-order chi connectivity index (χ1) is 16.6. The Bertz CT molecular complexity index is 1310. The molecular weight excluding hydrogens is 422 g/mol. The van der Waals surface area contributed by atoms with E-state index in [1.807, 2.05) is 55.5 Å². The van der Waals surface area contributed by atoms with Gasteiger partial charge in [-0.2, -0.15) is 10.1 Å². The average molecular weight is 450 g/mol. The van der Waals surface area contributed by atoms with Crippen molar-refractivity contribution in [1.82, 2.24) is 0 Å². The van der Waals surface area contributed by atoms with E-state index in [-0.39, 0.29) is 5.91 Å². The second-order valence-electron chi connectivity index (χ2n) is 9.19. The van der Waals surface area contributed by atoms with Crippen molar-refractivity contribution in [1.29, 1.82) is 0 Å². The van der Waals surface area contributed by atoms with Crippen LogP contribution in [0.4, 0.5) is 17.1 Å². The number of methoxy groups -OCH3 is 1. The maximum absolute atomic E-state index is 13.2. The first-order valence-corrected chi connectivity index (χ1v) is 11.9. The lowest BCUT2D eigenvalue weighted by Gasteiger charge is -2.27. The summed E-state index contributed by atoms with van der Waals surface area (Å²) in [7, 11) is 1.70. The van der Waals surface area contributed by atoms with Gasteiger partial charge in [0, 0.05) is 23.3 Å². The second-order valence-corrected chi connectivity index (χ2v) is 9.19. The summed E-state index contributed by atoms with van der Waals surface area (Å²) < 4.78 is 5.35. The van der Waals surface area contributed by atoms with Gasteiger partial charge in [0.25, 0.3) is 5.91 Å². The lowest BCUT2D eigenvalue weighted by atomic mass is 9.95. The molecule has 2 unspecified atom stereocenters. The van der Waals surface area contributed by atoms with Crippen LogP contribution in [-0.4, -0.2) is 24.8 Å². The normalized spacial score (nSPS) is 22.2. The molecule has 3 aromatic rings. The molecule has 170 valence electrons. The van der Waals surface area contributed by atoms with E-state index in [1.54, 1.807) is 7.11 Å². The summed E-state index contributed by atoms with van der Waals surface area (Å²) in [4.78, 5) is 15.6. The fraction of sp³-hybridized carbons (Fsp3) is 0.241. The molecule has 0 saturated heterocycles. The van der Waals surface area contributed by atoms with Gasteiger partial charge < -0.3 is 9.64 Å². The first kappa shape index (κ1) is 20.7. The zero-order valence-electron chi connectivity index (χ0n) is 19.4. The molecule has 0 radical (unpaired) electrons. The number of fused-ring (bicyclic) bond motifs is 3. The van der Waals surface area contributed by atoms with Crippen molar-refractivity contribution in [3.05, 3.63) is 89.5 Å². The number of carbonyl (C=O) groups excluding carboxylic acids is 1. The third kappa shape index (κ3) is 3.31. The standard InChI is InChI=1S/C29H27N3O2/c1-19-25(29(33)32(30-19)22-7-4-3-5-8-22)17-20-11-16-28-26(18-20)24-9-6-10-27(24)31(28)21-12-14-23(34-2)15-13-21/h3-5,7-8,11-18,24,27H,6,9-10H2,1-2H3/b25-17-. The molecule has 34 heavy (non-hydrogen) atoms. The number of ether oxygens (including phenoxy) is 1. The molecule has 1 aliphatic carbocycles. The molecule has 1 amide bonds. The zero-order valence-corrected chi connectivity index (χ0v) is 19.4. The topological polar surface area (TPSA) is 45.1 Å². The maximum atomic E-state index is 13.2. The summed E-state index contributed by atoms with van der Waals surface area (Å²) in [6.07, 6.45) is 5.62. The number of anilines is 3. The predicted molar refractivity (Wildman–Crippen MR) is 137 cm³/mol. The van der Waals surface area contributed by atoms with Crippen LogP contribution in [0.15, 0.2) is 83.5 Å². The van der Waals surface area contributed by atoms with Crippen LogP contribution in [0.3, 0.4) is 0 Å². The van der Waals surface area contributed by atoms with Crippen LogP contribution in [0.5, 0.6) is 5.75 Å². The lowest BCUT2D eigenvalue weighted by molar-refractivity contribution is -0.114. The molecule has 5 heteroatoms. The minimum absolute atomic E-state index is 0.0807. The molecule has 2 heterocycles. The van der Waals surface area contributed by atoms with E-state index in [4.69, 9.17) is 4.74 Å². The van der Waals surface area contributed by atoms with E-state index in [9.17, 15) is 4.79 Å². The van der Waals surface area contributed by atoms with Crippen molar-refractivity contribution in [2.45, 2.75) is 38.1 Å². The maximum Gasteiger partial charge on any atom is 0.280 e. The zero-order chi connectivity index (χ0) is 23.2. The summed E-state index contributed by atoms with van der Waals surface area (Å²) in [5.41, 5.74) is 7.09. The number of carbonyl (C=O) groups is 1. The molecule has 2 atom stereocenters. The lowest BCUT2D eigenvalue weighted by Crippen LogP contribution is -2.26. The fourth-order valence-corrected chi connectivity index (χ4v) is 5.64. The number of nitrogens with zero attached hydrogens (tertiary/aromatic N) is 3. The Morgan fingerprint density at radius 2 is 1.76 bits per heavy atom. The smallest absolute Gasteiger partial charge is 0.280 e. The molecule has 6 rings (SSSR count). The highest BCUT2D eigenvalue weighted by Crippen LogP contribution is 2.52. The summed E-state index contributed by atoms with van der Waals surface area (Å²) in [6, 6.07) is 25.0. The third-order valence-corrected chi connectivity index (χ3v) is 7.25. The largest absolute Gasteiger partial charge is 0.497 e. The van der Waals surface area contributed by atoms with Gasteiger partial charge in [-0.25, -0.2) is 0 Å². The van der Waals surface area contributed by atoms with Crippen molar-refractivity contribution >= 4 is 34.8 Å². The van der Waals surface area contributed by atoms with Crippen LogP contribution in [-0.2, 0) is 4.79 Å². The molecule has 5 nitrogen and oxygen atoms in total. The molecule has 0 bridgehead atoms. The van der Waals surface area contributed by atoms with Crippen LogP contribution < -0.4 is 14.6 Å². The van der Waals surface area contributed by atoms with Crippen LogP contribution in [0.1, 0.15) is 43.2 Å². The van der Waals surface area contributed by atoms with Gasteiger partial charge in [0.05, 0.1) is 24.1 Å². The monoisotopic (exact) mass is 449 g/mol. The molecular formula is C29H27N3O2. The van der Waals surface area contributed by atoms with Gasteiger partial charge in [-0.1, -0.05) is 30.7 Å². The summed E-state index contributed by atoms with van der Waals surface area (Å²) >= 11 is 0. The minimum Gasteiger partial charge on any atom is -0.497 e. The van der Waals surface area contributed by atoms with Gasteiger partial charge >= 0.3 is 0 Å². The average Bonchev–Trinajstić information content (AvgIpc) is 3.54. The predicted octanol–water partition coefficient (Wildman–Crippen LogP) is 6.29. The quantitative estimate of drug-likeness (QED) is 0.440. The second kappa shape index (κ2) is 8.17. The molecule has 0 N–H and O–H groups in total. The fourth-order valence-electron chi connectivity index (χ4n) is 5.64. The Hall–Kier alpha value is -3.86. The van der Waals surface area contributed by atoms with E-state index in [0.717, 1.165) is 22.7 Å². The SMILES string of the molecule is COc1ccc(N2c3ccc(/C=C4\C(=O)N(c5ccccc5)N=C4C)cc3C3CCCC32)cc1. The Morgan fingerprint density at radius 1 is 0.971 bits per heavy atom. The number of amides is 1. The minimum atomic E-state index is -0.0807. The van der Waals surface area contributed by atoms with E-state index in [1.165, 1.54) is 41.2 Å². The molecule has 1 fully saturated rings. The number of rotatable bonds is 4. The summed E-state index contributed by atoms with van der Waals surface area (Å²) in [5, 5.41) is 6.02. The van der Waals surface area contributed by atoms with Crippen LogP contribution in [0, 0.1) is 0 Å². The third-order valence-electron chi connectivity index (χ3n) is 7.25. The van der Waals surface area contributed by atoms with E-state index < -0.39 is 0 Å². The van der Waals surface area contributed by atoms with Gasteiger partial charge in [0.2, 0.25) is 0 Å². The van der Waals surface area contributed by atoms with Crippen molar-refractivity contribution < 1.29 is 9.53 Å². The van der Waals surface area contributed by atoms with E-state index in [0.29, 0.717) is 17.5 Å². The first-order valence-electron chi connectivity index (χ1n) is 11.9. The highest BCUT2D eigenvalue weighted by atomic mass is 16.5. The Labute approximate surface area is 200 Å². The Morgan fingerprint density at radius 3 is 2.53 bits per heavy atom. The Kier molecular flexibility index (Phi) is 4.98. The van der Waals surface area contributed by atoms with Crippen LogP contribution in [0.25, 0.3) is 6.08 Å². The Balaban J connectivity index is 1.34. The number of para-hydroxylation sites is 1. The number of hydrogen-bond donors (Lipinski definition) is 0. The van der Waals surface area contributed by atoms with Gasteiger partial charge in [-0.3, -0.25) is 4.79 Å². The molecule has 0 aromatic heterocycles. The molecule has 2 aliphatic heterocycles. The van der Waals surface area contributed by atoms with Crippen LogP contribution >= 0.6 is 0 Å². The number of hydrogen-bond acceptors (Lipinski definition) is 4. The van der Waals surface area contributed by atoms with Crippen molar-refractivity contribution in [3.63, 3.8) is 0 Å².